The van der Waals surface area contributed by atoms with Crippen LogP contribution in [0.25, 0.3) is 0 Å². The smallest absolute Gasteiger partial charge is 0.244 e. The van der Waals surface area contributed by atoms with E-state index < -0.39 is 28.5 Å². The molecule has 3 aromatic carbocycles. The number of carbonyl (C=O) groups excluding carboxylic acids is 2. The maximum atomic E-state index is 14.0. The summed E-state index contributed by atoms with van der Waals surface area (Å²) in [4.78, 5) is 29.0. The molecule has 0 unspecified atom stereocenters. The van der Waals surface area contributed by atoms with E-state index in [1.807, 2.05) is 68.4 Å². The van der Waals surface area contributed by atoms with Gasteiger partial charge in [0.2, 0.25) is 21.8 Å². The molecule has 0 aromatic heterocycles. The lowest BCUT2D eigenvalue weighted by Crippen LogP contribution is -2.54. The number of halogens is 1. The van der Waals surface area contributed by atoms with E-state index in [1.165, 1.54) is 12.0 Å². The van der Waals surface area contributed by atoms with Crippen LogP contribution in [0.5, 0.6) is 5.75 Å². The van der Waals surface area contributed by atoms with Gasteiger partial charge in [-0.3, -0.25) is 13.9 Å². The summed E-state index contributed by atoms with van der Waals surface area (Å²) in [6.07, 6.45) is 1.31. The third-order valence-electron chi connectivity index (χ3n) is 5.99. The highest BCUT2D eigenvalue weighted by atomic mass is 79.9. The molecule has 1 atom stereocenters. The highest BCUT2D eigenvalue weighted by Crippen LogP contribution is 2.24. The first kappa shape index (κ1) is 30.2. The first-order chi connectivity index (χ1) is 18.5. The molecule has 0 fully saturated rings. The van der Waals surface area contributed by atoms with E-state index in [9.17, 15) is 18.0 Å². The minimum absolute atomic E-state index is 0.116. The number of rotatable bonds is 12. The van der Waals surface area contributed by atoms with Crippen molar-refractivity contribution < 1.29 is 22.7 Å². The molecule has 39 heavy (non-hydrogen) atoms. The van der Waals surface area contributed by atoms with Crippen LogP contribution >= 0.6 is 15.9 Å². The number of sulfonamides is 1. The number of carbonyl (C=O) groups is 2. The molecule has 0 saturated heterocycles. The molecule has 0 bridgehead atoms. The number of hydrogen-bond acceptors (Lipinski definition) is 5. The van der Waals surface area contributed by atoms with E-state index in [1.54, 1.807) is 24.3 Å². The largest absolute Gasteiger partial charge is 0.497 e. The SMILES string of the molecule is COc1cccc(N(CC(=O)N(Cc2ccc(Br)cc2)[C@H](Cc2ccccc2)C(=O)NC(C)C)S(C)(=O)=O)c1. The van der Waals surface area contributed by atoms with Crippen molar-refractivity contribution in [2.45, 2.75) is 38.9 Å². The Hall–Kier alpha value is -3.37. The molecule has 0 spiro atoms. The zero-order valence-corrected chi connectivity index (χ0v) is 24.9. The second-order valence-electron chi connectivity index (χ2n) is 9.49. The predicted octanol–water partition coefficient (Wildman–Crippen LogP) is 4.39. The summed E-state index contributed by atoms with van der Waals surface area (Å²) < 4.78 is 32.9. The number of ether oxygens (including phenoxy) is 1. The Labute approximate surface area is 239 Å². The van der Waals surface area contributed by atoms with Crippen molar-refractivity contribution in [2.75, 3.05) is 24.2 Å². The third kappa shape index (κ3) is 8.83. The minimum atomic E-state index is -3.85. The summed E-state index contributed by atoms with van der Waals surface area (Å²) in [5.41, 5.74) is 1.97. The number of nitrogens with zero attached hydrogens (tertiary/aromatic N) is 2. The molecule has 8 nitrogen and oxygen atoms in total. The number of nitrogens with one attached hydrogen (secondary N) is 1. The zero-order chi connectivity index (χ0) is 28.6. The summed E-state index contributed by atoms with van der Waals surface area (Å²) >= 11 is 3.43. The number of hydrogen-bond donors (Lipinski definition) is 1. The van der Waals surface area contributed by atoms with Crippen LogP contribution in [-0.2, 0) is 32.6 Å². The van der Waals surface area contributed by atoms with Gasteiger partial charge in [0.05, 0.1) is 19.1 Å². The fraction of sp³-hybridized carbons (Fsp3) is 0.310. The molecule has 10 heteroatoms. The van der Waals surface area contributed by atoms with Crippen molar-refractivity contribution in [1.29, 1.82) is 0 Å². The third-order valence-corrected chi connectivity index (χ3v) is 7.66. The minimum Gasteiger partial charge on any atom is -0.497 e. The molecule has 3 aromatic rings. The quantitative estimate of drug-likeness (QED) is 0.326. The second kappa shape index (κ2) is 13.6. The first-order valence-corrected chi connectivity index (χ1v) is 15.1. The van der Waals surface area contributed by atoms with Gasteiger partial charge in [0.15, 0.2) is 0 Å². The monoisotopic (exact) mass is 615 g/mol. The molecule has 0 aliphatic carbocycles. The standard InChI is InChI=1S/C29H34BrN3O5S/c1-21(2)31-29(35)27(17-22-9-6-5-7-10-22)32(19-23-13-15-24(30)16-14-23)28(34)20-33(39(4,36)37)25-11-8-12-26(18-25)38-3/h5-16,18,21,27H,17,19-20H2,1-4H3,(H,31,35)/t27-/m1/s1. The van der Waals surface area contributed by atoms with E-state index in [4.69, 9.17) is 4.74 Å². The summed E-state index contributed by atoms with van der Waals surface area (Å²) in [5, 5.41) is 2.93. The van der Waals surface area contributed by atoms with Crippen molar-refractivity contribution in [1.82, 2.24) is 10.2 Å². The molecule has 0 aliphatic heterocycles. The van der Waals surface area contributed by atoms with Crippen LogP contribution < -0.4 is 14.4 Å². The van der Waals surface area contributed by atoms with E-state index in [0.29, 0.717) is 11.4 Å². The van der Waals surface area contributed by atoms with Gasteiger partial charge >= 0.3 is 0 Å². The lowest BCUT2D eigenvalue weighted by Gasteiger charge is -2.34. The number of methoxy groups -OCH3 is 1. The van der Waals surface area contributed by atoms with Crippen LogP contribution in [-0.4, -0.2) is 57.1 Å². The average Bonchev–Trinajstić information content (AvgIpc) is 2.89. The van der Waals surface area contributed by atoms with Crippen LogP contribution in [0.15, 0.2) is 83.3 Å². The van der Waals surface area contributed by atoms with Gasteiger partial charge in [-0.2, -0.15) is 0 Å². The van der Waals surface area contributed by atoms with Crippen LogP contribution in [0.1, 0.15) is 25.0 Å². The van der Waals surface area contributed by atoms with E-state index in [0.717, 1.165) is 26.2 Å². The maximum absolute atomic E-state index is 14.0. The van der Waals surface area contributed by atoms with Crippen LogP contribution in [0.4, 0.5) is 5.69 Å². The Bertz CT molecular complexity index is 1370. The molecule has 0 heterocycles. The average molecular weight is 617 g/mol. The summed E-state index contributed by atoms with van der Waals surface area (Å²) in [7, 11) is -2.37. The first-order valence-electron chi connectivity index (χ1n) is 12.5. The molecular weight excluding hydrogens is 582 g/mol. The molecule has 208 valence electrons. The number of anilines is 1. The van der Waals surface area contributed by atoms with Crippen LogP contribution in [0, 0.1) is 0 Å². The number of amides is 2. The molecule has 0 radical (unpaired) electrons. The van der Waals surface area contributed by atoms with Crippen molar-refractivity contribution >= 4 is 43.5 Å². The van der Waals surface area contributed by atoms with Crippen molar-refractivity contribution in [3.05, 3.63) is 94.5 Å². The van der Waals surface area contributed by atoms with Gasteiger partial charge < -0.3 is 15.0 Å². The summed E-state index contributed by atoms with van der Waals surface area (Å²) in [6.45, 7) is 3.34. The van der Waals surface area contributed by atoms with Gasteiger partial charge in [-0.25, -0.2) is 8.42 Å². The normalized spacial score (nSPS) is 12.1. The Morgan fingerprint density at radius 2 is 1.62 bits per heavy atom. The fourth-order valence-corrected chi connectivity index (χ4v) is 5.21. The van der Waals surface area contributed by atoms with Crippen LogP contribution in [0.3, 0.4) is 0 Å². The van der Waals surface area contributed by atoms with Crippen LogP contribution in [0.2, 0.25) is 0 Å². The summed E-state index contributed by atoms with van der Waals surface area (Å²) in [5.74, 6) is -0.365. The molecule has 0 aliphatic rings. The molecule has 3 rings (SSSR count). The van der Waals surface area contributed by atoms with Gasteiger partial charge in [-0.05, 0) is 49.2 Å². The Kier molecular flexibility index (Phi) is 10.5. The van der Waals surface area contributed by atoms with Gasteiger partial charge in [0, 0.05) is 29.5 Å². The highest BCUT2D eigenvalue weighted by molar-refractivity contribution is 9.10. The highest BCUT2D eigenvalue weighted by Gasteiger charge is 2.33. The molecule has 1 N–H and O–H groups in total. The fourth-order valence-electron chi connectivity index (χ4n) is 4.10. The molecule has 2 amide bonds. The Balaban J connectivity index is 2.05. The van der Waals surface area contributed by atoms with E-state index in [-0.39, 0.29) is 24.9 Å². The van der Waals surface area contributed by atoms with E-state index >= 15 is 0 Å². The topological polar surface area (TPSA) is 96.0 Å². The second-order valence-corrected chi connectivity index (χ2v) is 12.3. The maximum Gasteiger partial charge on any atom is 0.244 e. The Morgan fingerprint density at radius 1 is 0.949 bits per heavy atom. The van der Waals surface area contributed by atoms with Crippen molar-refractivity contribution in [2.24, 2.45) is 0 Å². The number of benzene rings is 3. The molecular formula is C29H34BrN3O5S. The van der Waals surface area contributed by atoms with Gasteiger partial charge in [-0.15, -0.1) is 0 Å². The van der Waals surface area contributed by atoms with Crippen molar-refractivity contribution in [3.8, 4) is 5.75 Å². The molecule has 0 saturated carbocycles. The summed E-state index contributed by atoms with van der Waals surface area (Å²) in [6, 6.07) is 22.4. The van der Waals surface area contributed by atoms with Gasteiger partial charge in [0.25, 0.3) is 0 Å². The van der Waals surface area contributed by atoms with Crippen molar-refractivity contribution in [3.63, 3.8) is 0 Å². The predicted molar refractivity (Wildman–Crippen MR) is 157 cm³/mol. The van der Waals surface area contributed by atoms with Gasteiger partial charge in [0.1, 0.15) is 18.3 Å². The van der Waals surface area contributed by atoms with Gasteiger partial charge in [-0.1, -0.05) is 64.5 Å². The lowest BCUT2D eigenvalue weighted by atomic mass is 10.0. The zero-order valence-electron chi connectivity index (χ0n) is 22.5. The van der Waals surface area contributed by atoms with E-state index in [2.05, 4.69) is 21.2 Å². The Morgan fingerprint density at radius 3 is 2.21 bits per heavy atom. The lowest BCUT2D eigenvalue weighted by molar-refractivity contribution is -0.140.